The number of amides is 1. The highest BCUT2D eigenvalue weighted by molar-refractivity contribution is 5.85. The number of aromatic carboxylic acids is 1. The monoisotopic (exact) mass is 266 g/mol. The molecule has 0 bridgehead atoms. The molecular formula is C13H18N2O4. The predicted octanol–water partition coefficient (Wildman–Crippen LogP) is 1.46. The van der Waals surface area contributed by atoms with Gasteiger partial charge in [0.15, 0.2) is 6.61 Å². The smallest absolute Gasteiger partial charge is 0.354 e. The number of hydrogen-bond acceptors (Lipinski definition) is 4. The molecule has 0 aromatic carbocycles. The van der Waals surface area contributed by atoms with E-state index in [0.717, 1.165) is 12.8 Å². The standard InChI is InChI=1S/C13H18N2O4/c1-3-4-9(2)15-12(16)8-19-10-5-6-11(13(17)18)14-7-10/h5-7,9H,3-4,8H2,1-2H3,(H,15,16)(H,17,18). The molecule has 1 heterocycles. The van der Waals surface area contributed by atoms with E-state index in [2.05, 4.69) is 17.2 Å². The minimum atomic E-state index is -1.10. The molecule has 1 aromatic rings. The van der Waals surface area contributed by atoms with Crippen LogP contribution in [0.2, 0.25) is 0 Å². The number of carboxylic acid groups (broad SMARTS) is 1. The third-order valence-corrected chi connectivity index (χ3v) is 2.45. The number of rotatable bonds is 7. The molecule has 0 saturated carbocycles. The van der Waals surface area contributed by atoms with Crippen LogP contribution in [-0.2, 0) is 4.79 Å². The van der Waals surface area contributed by atoms with E-state index in [-0.39, 0.29) is 24.2 Å². The zero-order valence-corrected chi connectivity index (χ0v) is 11.0. The van der Waals surface area contributed by atoms with Gasteiger partial charge in [0.25, 0.3) is 5.91 Å². The molecule has 1 atom stereocenters. The van der Waals surface area contributed by atoms with Crippen molar-refractivity contribution in [3.8, 4) is 5.75 Å². The van der Waals surface area contributed by atoms with Gasteiger partial charge < -0.3 is 15.2 Å². The van der Waals surface area contributed by atoms with Crippen molar-refractivity contribution in [3.05, 3.63) is 24.0 Å². The van der Waals surface area contributed by atoms with Gasteiger partial charge in [-0.3, -0.25) is 4.79 Å². The Hall–Kier alpha value is -2.11. The van der Waals surface area contributed by atoms with Crippen LogP contribution in [0, 0.1) is 0 Å². The van der Waals surface area contributed by atoms with Crippen molar-refractivity contribution in [2.45, 2.75) is 32.7 Å². The third-order valence-electron chi connectivity index (χ3n) is 2.45. The summed E-state index contributed by atoms with van der Waals surface area (Å²) in [5, 5.41) is 11.5. The molecule has 6 heteroatoms. The fourth-order valence-electron chi connectivity index (χ4n) is 1.56. The Morgan fingerprint density at radius 1 is 1.47 bits per heavy atom. The van der Waals surface area contributed by atoms with Gasteiger partial charge in [0, 0.05) is 6.04 Å². The number of ether oxygens (including phenoxy) is 1. The Balaban J connectivity index is 2.39. The summed E-state index contributed by atoms with van der Waals surface area (Å²) in [6.07, 6.45) is 3.20. The number of nitrogens with zero attached hydrogens (tertiary/aromatic N) is 1. The second-order valence-electron chi connectivity index (χ2n) is 4.23. The molecule has 104 valence electrons. The predicted molar refractivity (Wildman–Crippen MR) is 69.2 cm³/mol. The Morgan fingerprint density at radius 3 is 2.74 bits per heavy atom. The number of nitrogens with one attached hydrogen (secondary N) is 1. The highest BCUT2D eigenvalue weighted by Crippen LogP contribution is 2.08. The van der Waals surface area contributed by atoms with Gasteiger partial charge in [-0.1, -0.05) is 13.3 Å². The van der Waals surface area contributed by atoms with Crippen molar-refractivity contribution in [1.82, 2.24) is 10.3 Å². The highest BCUT2D eigenvalue weighted by atomic mass is 16.5. The third kappa shape index (κ3) is 5.37. The van der Waals surface area contributed by atoms with E-state index in [1.807, 2.05) is 6.92 Å². The summed E-state index contributed by atoms with van der Waals surface area (Å²) in [7, 11) is 0. The van der Waals surface area contributed by atoms with Crippen LogP contribution in [0.4, 0.5) is 0 Å². The molecule has 0 radical (unpaired) electrons. The maximum atomic E-state index is 11.5. The number of aromatic nitrogens is 1. The van der Waals surface area contributed by atoms with Gasteiger partial charge in [-0.25, -0.2) is 9.78 Å². The summed E-state index contributed by atoms with van der Waals surface area (Å²) in [4.78, 5) is 25.8. The summed E-state index contributed by atoms with van der Waals surface area (Å²) in [5.41, 5.74) is -0.0617. The van der Waals surface area contributed by atoms with Gasteiger partial charge in [-0.2, -0.15) is 0 Å². The molecular weight excluding hydrogens is 248 g/mol. The molecule has 0 fully saturated rings. The van der Waals surface area contributed by atoms with Gasteiger partial charge in [0.2, 0.25) is 0 Å². The number of carbonyl (C=O) groups is 2. The average molecular weight is 266 g/mol. The van der Waals surface area contributed by atoms with Crippen LogP contribution >= 0.6 is 0 Å². The summed E-state index contributed by atoms with van der Waals surface area (Å²) in [5.74, 6) is -0.941. The topological polar surface area (TPSA) is 88.5 Å². The SMILES string of the molecule is CCCC(C)NC(=O)COc1ccc(C(=O)O)nc1. The fraction of sp³-hybridized carbons (Fsp3) is 0.462. The molecule has 1 unspecified atom stereocenters. The van der Waals surface area contributed by atoms with Crippen LogP contribution in [0.1, 0.15) is 37.2 Å². The second-order valence-corrected chi connectivity index (χ2v) is 4.23. The number of carboxylic acids is 1. The van der Waals surface area contributed by atoms with Crippen LogP contribution in [0.15, 0.2) is 18.3 Å². The maximum Gasteiger partial charge on any atom is 0.354 e. The molecule has 1 aromatic heterocycles. The first-order chi connectivity index (χ1) is 9.02. The van der Waals surface area contributed by atoms with Crippen molar-refractivity contribution >= 4 is 11.9 Å². The minimum absolute atomic E-state index is 0.0617. The number of hydrogen-bond donors (Lipinski definition) is 2. The van der Waals surface area contributed by atoms with Gasteiger partial charge >= 0.3 is 5.97 Å². The molecule has 19 heavy (non-hydrogen) atoms. The largest absolute Gasteiger partial charge is 0.482 e. The lowest BCUT2D eigenvalue weighted by Crippen LogP contribution is -2.35. The van der Waals surface area contributed by atoms with Crippen LogP contribution in [0.3, 0.4) is 0 Å². The van der Waals surface area contributed by atoms with E-state index < -0.39 is 5.97 Å². The minimum Gasteiger partial charge on any atom is -0.482 e. The summed E-state index contributed by atoms with van der Waals surface area (Å²) >= 11 is 0. The molecule has 0 aliphatic heterocycles. The van der Waals surface area contributed by atoms with E-state index in [1.54, 1.807) is 0 Å². The van der Waals surface area contributed by atoms with E-state index in [4.69, 9.17) is 9.84 Å². The van der Waals surface area contributed by atoms with Crippen molar-refractivity contribution in [2.24, 2.45) is 0 Å². The molecule has 1 rings (SSSR count). The van der Waals surface area contributed by atoms with E-state index in [0.29, 0.717) is 5.75 Å². The quantitative estimate of drug-likeness (QED) is 0.780. The van der Waals surface area contributed by atoms with Crippen molar-refractivity contribution < 1.29 is 19.4 Å². The summed E-state index contributed by atoms with van der Waals surface area (Å²) in [6, 6.07) is 2.92. The van der Waals surface area contributed by atoms with Crippen LogP contribution in [-0.4, -0.2) is 34.6 Å². The van der Waals surface area contributed by atoms with Gasteiger partial charge in [-0.15, -0.1) is 0 Å². The van der Waals surface area contributed by atoms with Crippen molar-refractivity contribution in [1.29, 1.82) is 0 Å². The van der Waals surface area contributed by atoms with E-state index in [9.17, 15) is 9.59 Å². The Bertz CT molecular complexity index is 431. The van der Waals surface area contributed by atoms with E-state index in [1.165, 1.54) is 18.3 Å². The van der Waals surface area contributed by atoms with Crippen LogP contribution < -0.4 is 10.1 Å². The Kier molecular flexibility index (Phi) is 5.78. The first-order valence-corrected chi connectivity index (χ1v) is 6.14. The molecule has 6 nitrogen and oxygen atoms in total. The van der Waals surface area contributed by atoms with Gasteiger partial charge in [-0.05, 0) is 25.5 Å². The lowest BCUT2D eigenvalue weighted by atomic mass is 10.2. The lowest BCUT2D eigenvalue weighted by Gasteiger charge is -2.13. The van der Waals surface area contributed by atoms with Crippen LogP contribution in [0.5, 0.6) is 5.75 Å². The van der Waals surface area contributed by atoms with Crippen LogP contribution in [0.25, 0.3) is 0 Å². The number of pyridine rings is 1. The zero-order chi connectivity index (χ0) is 14.3. The van der Waals surface area contributed by atoms with Gasteiger partial charge in [0.1, 0.15) is 11.4 Å². The second kappa shape index (κ2) is 7.35. The van der Waals surface area contributed by atoms with E-state index >= 15 is 0 Å². The fourth-order valence-corrected chi connectivity index (χ4v) is 1.56. The molecule has 0 spiro atoms. The molecule has 0 aliphatic carbocycles. The maximum absolute atomic E-state index is 11.5. The Morgan fingerprint density at radius 2 is 2.21 bits per heavy atom. The molecule has 0 aliphatic rings. The first kappa shape index (κ1) is 14.9. The van der Waals surface area contributed by atoms with Crippen molar-refractivity contribution in [3.63, 3.8) is 0 Å². The summed E-state index contributed by atoms with van der Waals surface area (Å²) in [6.45, 7) is 3.88. The zero-order valence-electron chi connectivity index (χ0n) is 11.0. The molecule has 2 N–H and O–H groups in total. The van der Waals surface area contributed by atoms with Gasteiger partial charge in [0.05, 0.1) is 6.20 Å². The Labute approximate surface area is 111 Å². The average Bonchev–Trinajstić information content (AvgIpc) is 2.37. The molecule has 0 saturated heterocycles. The lowest BCUT2D eigenvalue weighted by molar-refractivity contribution is -0.123. The number of carbonyl (C=O) groups excluding carboxylic acids is 1. The van der Waals surface area contributed by atoms with Crippen molar-refractivity contribution in [2.75, 3.05) is 6.61 Å². The summed E-state index contributed by atoms with van der Waals surface area (Å²) < 4.78 is 5.21. The highest BCUT2D eigenvalue weighted by Gasteiger charge is 2.08. The normalized spacial score (nSPS) is 11.7. The molecule has 1 amide bonds. The first-order valence-electron chi connectivity index (χ1n) is 6.14.